The van der Waals surface area contributed by atoms with Crippen LogP contribution >= 0.6 is 11.6 Å². The van der Waals surface area contributed by atoms with E-state index in [4.69, 9.17) is 21.1 Å². The maximum absolute atomic E-state index is 11.8. The molecular weight excluding hydrogens is 290 g/mol. The number of halogens is 1. The van der Waals surface area contributed by atoms with Crippen molar-refractivity contribution in [2.24, 2.45) is 0 Å². The molecule has 116 valence electrons. The molecule has 5 heteroatoms. The van der Waals surface area contributed by atoms with Gasteiger partial charge in [-0.3, -0.25) is 4.79 Å². The molecular formula is C16H22ClNO3. The molecule has 1 amide bonds. The van der Waals surface area contributed by atoms with Crippen molar-refractivity contribution in [3.8, 4) is 5.75 Å². The lowest BCUT2D eigenvalue weighted by molar-refractivity contribution is -0.129. The minimum atomic E-state index is -0.269. The molecule has 0 aromatic heterocycles. The summed E-state index contributed by atoms with van der Waals surface area (Å²) in [7, 11) is 0. The van der Waals surface area contributed by atoms with Crippen LogP contribution in [0.1, 0.15) is 30.9 Å². The second kappa shape index (κ2) is 7.66. The molecule has 1 saturated heterocycles. The second-order valence-electron chi connectivity index (χ2n) is 5.18. The van der Waals surface area contributed by atoms with Crippen molar-refractivity contribution in [2.45, 2.75) is 39.2 Å². The van der Waals surface area contributed by atoms with Crippen molar-refractivity contribution in [1.29, 1.82) is 0 Å². The molecule has 0 saturated carbocycles. The number of hydrogen-bond acceptors (Lipinski definition) is 3. The first kappa shape index (κ1) is 16.1. The minimum absolute atomic E-state index is 0.0119. The third-order valence-corrected chi connectivity index (χ3v) is 3.90. The number of ether oxygens (including phenoxy) is 2. The van der Waals surface area contributed by atoms with E-state index in [1.54, 1.807) is 0 Å². The van der Waals surface area contributed by atoms with E-state index in [9.17, 15) is 4.79 Å². The summed E-state index contributed by atoms with van der Waals surface area (Å²) in [4.78, 5) is 11.8. The van der Waals surface area contributed by atoms with Crippen molar-refractivity contribution in [2.75, 3.05) is 19.8 Å². The van der Waals surface area contributed by atoms with Crippen molar-refractivity contribution >= 4 is 17.5 Å². The van der Waals surface area contributed by atoms with Gasteiger partial charge in [0.25, 0.3) is 0 Å². The number of aryl methyl sites for hydroxylation is 1. The average molecular weight is 312 g/mol. The van der Waals surface area contributed by atoms with Gasteiger partial charge in [-0.15, -0.1) is 0 Å². The van der Waals surface area contributed by atoms with Gasteiger partial charge >= 0.3 is 0 Å². The van der Waals surface area contributed by atoms with Crippen LogP contribution in [-0.4, -0.2) is 31.8 Å². The van der Waals surface area contributed by atoms with Gasteiger partial charge in [-0.25, -0.2) is 0 Å². The lowest BCUT2D eigenvalue weighted by atomic mass is 10.1. The fraction of sp³-hybridized carbons (Fsp3) is 0.562. The van der Waals surface area contributed by atoms with E-state index in [1.165, 1.54) is 0 Å². The smallest absolute Gasteiger partial charge is 0.249 e. The Kier molecular flexibility index (Phi) is 5.88. The molecule has 1 fully saturated rings. The standard InChI is InChI=1S/C16H22ClNO3/c1-3-20-15-9-11(2)12(10-13(15)17)6-7-18-16(19)14-5-4-8-21-14/h9-10,14H,3-8H2,1-2H3,(H,18,19). The van der Waals surface area contributed by atoms with E-state index in [0.29, 0.717) is 30.5 Å². The zero-order chi connectivity index (χ0) is 15.2. The quantitative estimate of drug-likeness (QED) is 0.879. The van der Waals surface area contributed by atoms with Crippen molar-refractivity contribution in [3.63, 3.8) is 0 Å². The van der Waals surface area contributed by atoms with Crippen molar-refractivity contribution in [3.05, 3.63) is 28.3 Å². The van der Waals surface area contributed by atoms with Gasteiger partial charge in [0.2, 0.25) is 5.91 Å². The van der Waals surface area contributed by atoms with Gasteiger partial charge in [0, 0.05) is 13.2 Å². The maximum Gasteiger partial charge on any atom is 0.249 e. The number of rotatable bonds is 6. The van der Waals surface area contributed by atoms with E-state index in [0.717, 1.165) is 30.4 Å². The lowest BCUT2D eigenvalue weighted by Gasteiger charge is -2.13. The van der Waals surface area contributed by atoms with Crippen LogP contribution in [0.15, 0.2) is 12.1 Å². The van der Waals surface area contributed by atoms with Gasteiger partial charge in [-0.1, -0.05) is 11.6 Å². The molecule has 2 rings (SSSR count). The number of carbonyl (C=O) groups is 1. The zero-order valence-corrected chi connectivity index (χ0v) is 13.3. The first-order chi connectivity index (χ1) is 10.1. The van der Waals surface area contributed by atoms with E-state index < -0.39 is 0 Å². The van der Waals surface area contributed by atoms with Crippen LogP contribution in [0.4, 0.5) is 0 Å². The highest BCUT2D eigenvalue weighted by atomic mass is 35.5. The first-order valence-electron chi connectivity index (χ1n) is 7.43. The number of nitrogens with one attached hydrogen (secondary N) is 1. The predicted molar refractivity (Wildman–Crippen MR) is 83.0 cm³/mol. The van der Waals surface area contributed by atoms with Gasteiger partial charge in [-0.05, 0) is 56.4 Å². The minimum Gasteiger partial charge on any atom is -0.492 e. The largest absolute Gasteiger partial charge is 0.492 e. The first-order valence-corrected chi connectivity index (χ1v) is 7.80. The van der Waals surface area contributed by atoms with Crippen LogP contribution in [-0.2, 0) is 16.0 Å². The van der Waals surface area contributed by atoms with Gasteiger partial charge in [0.15, 0.2) is 0 Å². The average Bonchev–Trinajstić information content (AvgIpc) is 2.98. The van der Waals surface area contributed by atoms with Gasteiger partial charge in [-0.2, -0.15) is 0 Å². The van der Waals surface area contributed by atoms with Gasteiger partial charge in [0.1, 0.15) is 11.9 Å². The third-order valence-electron chi connectivity index (χ3n) is 3.61. The Morgan fingerprint density at radius 2 is 2.33 bits per heavy atom. The second-order valence-corrected chi connectivity index (χ2v) is 5.59. The highest BCUT2D eigenvalue weighted by Gasteiger charge is 2.22. The summed E-state index contributed by atoms with van der Waals surface area (Å²) >= 11 is 6.19. The van der Waals surface area contributed by atoms with Gasteiger partial charge < -0.3 is 14.8 Å². The highest BCUT2D eigenvalue weighted by molar-refractivity contribution is 6.32. The van der Waals surface area contributed by atoms with Crippen LogP contribution in [0.2, 0.25) is 5.02 Å². The molecule has 1 heterocycles. The number of hydrogen-bond donors (Lipinski definition) is 1. The summed E-state index contributed by atoms with van der Waals surface area (Å²) < 4.78 is 10.8. The molecule has 0 spiro atoms. The Morgan fingerprint density at radius 3 is 3.00 bits per heavy atom. The predicted octanol–water partition coefficient (Wildman–Crippen LogP) is 2.88. The third kappa shape index (κ3) is 4.35. The summed E-state index contributed by atoms with van der Waals surface area (Å²) in [6.07, 6.45) is 2.26. The van der Waals surface area contributed by atoms with E-state index in [-0.39, 0.29) is 12.0 Å². The number of benzene rings is 1. The summed E-state index contributed by atoms with van der Waals surface area (Å²) in [6.45, 7) is 5.82. The number of amides is 1. The highest BCUT2D eigenvalue weighted by Crippen LogP contribution is 2.28. The molecule has 1 N–H and O–H groups in total. The molecule has 1 aliphatic rings. The Hall–Kier alpha value is -1.26. The Labute approximate surface area is 130 Å². The monoisotopic (exact) mass is 311 g/mol. The molecule has 1 atom stereocenters. The lowest BCUT2D eigenvalue weighted by Crippen LogP contribution is -2.35. The van der Waals surface area contributed by atoms with Crippen LogP contribution < -0.4 is 10.1 Å². The molecule has 0 aliphatic carbocycles. The molecule has 1 aromatic carbocycles. The summed E-state index contributed by atoms with van der Waals surface area (Å²) in [5.74, 6) is 0.700. The molecule has 1 aliphatic heterocycles. The fourth-order valence-electron chi connectivity index (χ4n) is 2.45. The van der Waals surface area contributed by atoms with Crippen LogP contribution in [0.25, 0.3) is 0 Å². The molecule has 21 heavy (non-hydrogen) atoms. The fourth-order valence-corrected chi connectivity index (χ4v) is 2.69. The summed E-state index contributed by atoms with van der Waals surface area (Å²) in [5, 5.41) is 3.54. The molecule has 1 aromatic rings. The van der Waals surface area contributed by atoms with E-state index in [1.807, 2.05) is 26.0 Å². The topological polar surface area (TPSA) is 47.6 Å². The Morgan fingerprint density at radius 1 is 1.52 bits per heavy atom. The van der Waals surface area contributed by atoms with Crippen molar-refractivity contribution < 1.29 is 14.3 Å². The molecule has 0 bridgehead atoms. The maximum atomic E-state index is 11.8. The number of carbonyl (C=O) groups excluding carboxylic acids is 1. The SMILES string of the molecule is CCOc1cc(C)c(CCNC(=O)C2CCCO2)cc1Cl. The normalized spacial score (nSPS) is 17.8. The van der Waals surface area contributed by atoms with Crippen LogP contribution in [0.3, 0.4) is 0 Å². The Balaban J connectivity index is 1.88. The summed E-state index contributed by atoms with van der Waals surface area (Å²) in [6, 6.07) is 3.86. The summed E-state index contributed by atoms with van der Waals surface area (Å²) in [5.41, 5.74) is 2.24. The van der Waals surface area contributed by atoms with E-state index >= 15 is 0 Å². The van der Waals surface area contributed by atoms with Crippen molar-refractivity contribution in [1.82, 2.24) is 5.32 Å². The molecule has 4 nitrogen and oxygen atoms in total. The Bertz CT molecular complexity index is 499. The van der Waals surface area contributed by atoms with Crippen LogP contribution in [0.5, 0.6) is 5.75 Å². The van der Waals surface area contributed by atoms with E-state index in [2.05, 4.69) is 5.32 Å². The zero-order valence-electron chi connectivity index (χ0n) is 12.6. The molecule has 1 unspecified atom stereocenters. The van der Waals surface area contributed by atoms with Gasteiger partial charge in [0.05, 0.1) is 11.6 Å². The van der Waals surface area contributed by atoms with Crippen LogP contribution in [0, 0.1) is 6.92 Å². The molecule has 0 radical (unpaired) electrons.